The molecule has 1 fully saturated rings. The first-order chi connectivity index (χ1) is 16.2. The molecule has 0 aliphatic carbocycles. The second-order valence-electron chi connectivity index (χ2n) is 8.12. The van der Waals surface area contributed by atoms with Crippen LogP contribution in [0.4, 0.5) is 11.5 Å². The maximum Gasteiger partial charge on any atom is 0.145 e. The molecular weight excluding hydrogens is 434 g/mol. The lowest BCUT2D eigenvalue weighted by Crippen LogP contribution is -2.36. The van der Waals surface area contributed by atoms with Gasteiger partial charge in [-0.15, -0.1) is 0 Å². The molecule has 5 rings (SSSR count). The number of aryl methyl sites for hydroxylation is 1. The van der Waals surface area contributed by atoms with Crippen LogP contribution in [-0.4, -0.2) is 46.2 Å². The lowest BCUT2D eigenvalue weighted by Gasteiger charge is -2.26. The molecule has 1 N–H and O–H groups in total. The molecular formula is C26H26ClN5O. The fourth-order valence-corrected chi connectivity index (χ4v) is 4.24. The fraction of sp³-hybridized carbons (Fsp3) is 0.269. The van der Waals surface area contributed by atoms with Gasteiger partial charge in [-0.1, -0.05) is 36.7 Å². The number of pyridine rings is 1. The highest BCUT2D eigenvalue weighted by Gasteiger charge is 2.16. The van der Waals surface area contributed by atoms with Crippen molar-refractivity contribution in [3.8, 4) is 11.3 Å². The second kappa shape index (κ2) is 9.83. The summed E-state index contributed by atoms with van der Waals surface area (Å²) in [5.74, 6) is 1.58. The van der Waals surface area contributed by atoms with E-state index in [-0.39, 0.29) is 0 Å². The number of ether oxygens (including phenoxy) is 1. The summed E-state index contributed by atoms with van der Waals surface area (Å²) in [5.41, 5.74) is 4.85. The van der Waals surface area contributed by atoms with Gasteiger partial charge in [0.2, 0.25) is 0 Å². The average molecular weight is 460 g/mol. The van der Waals surface area contributed by atoms with E-state index in [2.05, 4.69) is 46.4 Å². The van der Waals surface area contributed by atoms with E-state index in [1.807, 2.05) is 30.3 Å². The van der Waals surface area contributed by atoms with Gasteiger partial charge in [-0.3, -0.25) is 9.88 Å². The number of benzene rings is 2. The van der Waals surface area contributed by atoms with Crippen molar-refractivity contribution in [2.24, 2.45) is 0 Å². The van der Waals surface area contributed by atoms with Crippen molar-refractivity contribution in [3.05, 3.63) is 77.2 Å². The van der Waals surface area contributed by atoms with Gasteiger partial charge in [0, 0.05) is 35.9 Å². The molecule has 0 saturated carbocycles. The standard InChI is InChI=1S/C26H26ClN5O/c1-2-18-5-8-20(9-6-18)29-26-21-10-7-19(25-22(27)4-3-11-28-25)16-23(21)30-24(31-26)17-32-12-14-33-15-13-32/h3-11,16H,2,12-15,17H2,1H3,(H,29,30,31). The monoisotopic (exact) mass is 459 g/mol. The number of anilines is 2. The normalized spacial score (nSPS) is 14.5. The summed E-state index contributed by atoms with van der Waals surface area (Å²) in [4.78, 5) is 16.6. The molecule has 33 heavy (non-hydrogen) atoms. The van der Waals surface area contributed by atoms with Crippen LogP contribution in [0.3, 0.4) is 0 Å². The van der Waals surface area contributed by atoms with E-state index in [0.29, 0.717) is 11.6 Å². The Labute approximate surface area is 198 Å². The Morgan fingerprint density at radius 3 is 2.61 bits per heavy atom. The Morgan fingerprint density at radius 2 is 1.85 bits per heavy atom. The van der Waals surface area contributed by atoms with Crippen LogP contribution in [0, 0.1) is 0 Å². The molecule has 0 atom stereocenters. The zero-order valence-corrected chi connectivity index (χ0v) is 19.3. The zero-order valence-electron chi connectivity index (χ0n) is 18.6. The highest BCUT2D eigenvalue weighted by atomic mass is 35.5. The molecule has 0 amide bonds. The van der Waals surface area contributed by atoms with Gasteiger partial charge in [-0.05, 0) is 48.4 Å². The van der Waals surface area contributed by atoms with Gasteiger partial charge in [0.1, 0.15) is 11.6 Å². The van der Waals surface area contributed by atoms with E-state index < -0.39 is 0 Å². The predicted octanol–water partition coefficient (Wildman–Crippen LogP) is 5.48. The number of hydrogen-bond donors (Lipinski definition) is 1. The van der Waals surface area contributed by atoms with Gasteiger partial charge in [0.05, 0.1) is 36.0 Å². The van der Waals surface area contributed by atoms with Crippen molar-refractivity contribution < 1.29 is 4.74 Å². The molecule has 2 aromatic heterocycles. The molecule has 1 aliphatic heterocycles. The quantitative estimate of drug-likeness (QED) is 0.411. The largest absolute Gasteiger partial charge is 0.379 e. The Morgan fingerprint density at radius 1 is 1.03 bits per heavy atom. The molecule has 1 aliphatic rings. The summed E-state index contributed by atoms with van der Waals surface area (Å²) >= 11 is 6.41. The summed E-state index contributed by atoms with van der Waals surface area (Å²) in [6, 6.07) is 18.3. The van der Waals surface area contributed by atoms with Gasteiger partial charge >= 0.3 is 0 Å². The van der Waals surface area contributed by atoms with Gasteiger partial charge in [0.25, 0.3) is 0 Å². The SMILES string of the molecule is CCc1ccc(Nc2nc(CN3CCOCC3)nc3cc(-c4ncccc4Cl)ccc23)cc1. The van der Waals surface area contributed by atoms with Crippen molar-refractivity contribution in [1.29, 1.82) is 0 Å². The van der Waals surface area contributed by atoms with E-state index in [0.717, 1.165) is 72.2 Å². The Hall–Kier alpha value is -3.06. The van der Waals surface area contributed by atoms with E-state index in [4.69, 9.17) is 26.3 Å². The van der Waals surface area contributed by atoms with Crippen LogP contribution in [0.15, 0.2) is 60.8 Å². The first-order valence-corrected chi connectivity index (χ1v) is 11.6. The van der Waals surface area contributed by atoms with E-state index in [1.54, 1.807) is 6.20 Å². The highest BCUT2D eigenvalue weighted by molar-refractivity contribution is 6.33. The van der Waals surface area contributed by atoms with Gasteiger partial charge < -0.3 is 10.1 Å². The van der Waals surface area contributed by atoms with E-state index >= 15 is 0 Å². The molecule has 1 saturated heterocycles. The number of nitrogens with one attached hydrogen (secondary N) is 1. The summed E-state index contributed by atoms with van der Waals surface area (Å²) in [6.07, 6.45) is 2.77. The smallest absolute Gasteiger partial charge is 0.145 e. The first-order valence-electron chi connectivity index (χ1n) is 11.3. The number of aromatic nitrogens is 3. The van der Waals surface area contributed by atoms with Crippen LogP contribution in [0.5, 0.6) is 0 Å². The molecule has 6 nitrogen and oxygen atoms in total. The number of hydrogen-bond acceptors (Lipinski definition) is 6. The minimum Gasteiger partial charge on any atom is -0.379 e. The van der Waals surface area contributed by atoms with Gasteiger partial charge in [0.15, 0.2) is 0 Å². The molecule has 0 bridgehead atoms. The maximum absolute atomic E-state index is 6.41. The lowest BCUT2D eigenvalue weighted by atomic mass is 10.1. The minimum absolute atomic E-state index is 0.619. The third kappa shape index (κ3) is 4.98. The summed E-state index contributed by atoms with van der Waals surface area (Å²) in [5, 5.41) is 5.08. The molecule has 0 unspecified atom stereocenters. The average Bonchev–Trinajstić information content (AvgIpc) is 2.85. The summed E-state index contributed by atoms with van der Waals surface area (Å²) in [6.45, 7) is 6.08. The van der Waals surface area contributed by atoms with Crippen LogP contribution in [0.2, 0.25) is 5.02 Å². The van der Waals surface area contributed by atoms with Crippen LogP contribution >= 0.6 is 11.6 Å². The molecule has 0 spiro atoms. The van der Waals surface area contributed by atoms with Crippen LogP contribution in [0.25, 0.3) is 22.2 Å². The van der Waals surface area contributed by atoms with Crippen LogP contribution in [0.1, 0.15) is 18.3 Å². The minimum atomic E-state index is 0.619. The molecule has 2 aromatic carbocycles. The van der Waals surface area contributed by atoms with E-state index in [9.17, 15) is 0 Å². The van der Waals surface area contributed by atoms with Crippen LogP contribution in [-0.2, 0) is 17.7 Å². The van der Waals surface area contributed by atoms with Crippen LogP contribution < -0.4 is 5.32 Å². The zero-order chi connectivity index (χ0) is 22.6. The first kappa shape index (κ1) is 21.8. The molecule has 3 heterocycles. The molecule has 0 radical (unpaired) electrons. The third-order valence-corrected chi connectivity index (χ3v) is 6.17. The number of nitrogens with zero attached hydrogens (tertiary/aromatic N) is 4. The molecule has 4 aromatic rings. The van der Waals surface area contributed by atoms with Gasteiger partial charge in [-0.2, -0.15) is 0 Å². The topological polar surface area (TPSA) is 63.2 Å². The number of halogens is 1. The summed E-state index contributed by atoms with van der Waals surface area (Å²) in [7, 11) is 0. The fourth-order valence-electron chi connectivity index (χ4n) is 4.01. The third-order valence-electron chi connectivity index (χ3n) is 5.87. The Bertz CT molecular complexity index is 1260. The Kier molecular flexibility index (Phi) is 6.48. The van der Waals surface area contributed by atoms with Crippen molar-refractivity contribution in [2.75, 3.05) is 31.6 Å². The Balaban J connectivity index is 1.55. The van der Waals surface area contributed by atoms with Crippen molar-refractivity contribution in [2.45, 2.75) is 19.9 Å². The number of morpholine rings is 1. The molecule has 7 heteroatoms. The number of rotatable bonds is 6. The number of fused-ring (bicyclic) bond motifs is 1. The van der Waals surface area contributed by atoms with Crippen molar-refractivity contribution in [3.63, 3.8) is 0 Å². The second-order valence-corrected chi connectivity index (χ2v) is 8.53. The lowest BCUT2D eigenvalue weighted by molar-refractivity contribution is 0.0331. The highest BCUT2D eigenvalue weighted by Crippen LogP contribution is 2.31. The van der Waals surface area contributed by atoms with Crippen molar-refractivity contribution >= 4 is 34.0 Å². The van der Waals surface area contributed by atoms with Crippen molar-refractivity contribution in [1.82, 2.24) is 19.9 Å². The maximum atomic E-state index is 6.41. The van der Waals surface area contributed by atoms with Gasteiger partial charge in [-0.25, -0.2) is 9.97 Å². The van der Waals surface area contributed by atoms with E-state index in [1.165, 1.54) is 5.56 Å². The summed E-state index contributed by atoms with van der Waals surface area (Å²) < 4.78 is 5.49. The predicted molar refractivity (Wildman–Crippen MR) is 133 cm³/mol. The molecule has 168 valence electrons.